The van der Waals surface area contributed by atoms with Crippen LogP contribution in [0.1, 0.15) is 36.3 Å². The molecule has 1 aromatic heterocycles. The van der Waals surface area contributed by atoms with Gasteiger partial charge in [0.25, 0.3) is 0 Å². The molecule has 1 unspecified atom stereocenters. The van der Waals surface area contributed by atoms with Crippen LogP contribution in [0.2, 0.25) is 4.34 Å². The molecule has 0 radical (unpaired) electrons. The molecule has 0 saturated carbocycles. The summed E-state index contributed by atoms with van der Waals surface area (Å²) in [6.45, 7) is 4.74. The molecule has 4 heteroatoms. The summed E-state index contributed by atoms with van der Waals surface area (Å²) in [7, 11) is 0. The summed E-state index contributed by atoms with van der Waals surface area (Å²) in [5.74, 6) is 1.32. The van der Waals surface area contributed by atoms with Crippen molar-refractivity contribution in [2.45, 2.75) is 25.9 Å². The van der Waals surface area contributed by atoms with E-state index in [9.17, 15) is 0 Å². The highest BCUT2D eigenvalue weighted by Crippen LogP contribution is 2.33. The third-order valence-electron chi connectivity index (χ3n) is 2.94. The number of nitrogens with two attached hydrogens (primary N) is 1. The van der Waals surface area contributed by atoms with Gasteiger partial charge in [-0.25, -0.2) is 0 Å². The zero-order chi connectivity index (χ0) is 13.8. The van der Waals surface area contributed by atoms with E-state index in [0.717, 1.165) is 15.0 Å². The molecule has 2 aromatic rings. The van der Waals surface area contributed by atoms with E-state index in [4.69, 9.17) is 22.1 Å². The van der Waals surface area contributed by atoms with Crippen LogP contribution in [0.4, 0.5) is 0 Å². The largest absolute Gasteiger partial charge is 0.483 e. The van der Waals surface area contributed by atoms with E-state index in [-0.39, 0.29) is 6.10 Å². The van der Waals surface area contributed by atoms with Gasteiger partial charge in [-0.3, -0.25) is 0 Å². The van der Waals surface area contributed by atoms with Crippen molar-refractivity contribution < 1.29 is 4.74 Å². The predicted octanol–water partition coefficient (Wildman–Crippen LogP) is 4.60. The topological polar surface area (TPSA) is 35.2 Å². The normalized spacial score (nSPS) is 12.7. The molecule has 0 aliphatic rings. The molecule has 2 nitrogen and oxygen atoms in total. The van der Waals surface area contributed by atoms with Crippen LogP contribution in [-0.2, 0) is 0 Å². The fourth-order valence-electron chi connectivity index (χ4n) is 1.94. The third kappa shape index (κ3) is 3.50. The third-order valence-corrected chi connectivity index (χ3v) is 4.26. The zero-order valence-corrected chi connectivity index (χ0v) is 12.7. The van der Waals surface area contributed by atoms with Gasteiger partial charge in [0.05, 0.1) is 4.34 Å². The molecule has 1 aromatic carbocycles. The Kier molecular flexibility index (Phi) is 4.86. The molecule has 1 atom stereocenters. The Morgan fingerprint density at radius 1 is 1.21 bits per heavy atom. The molecular formula is C15H18ClNOS. The molecular weight excluding hydrogens is 278 g/mol. The van der Waals surface area contributed by atoms with Gasteiger partial charge in [-0.15, -0.1) is 11.3 Å². The Hall–Kier alpha value is -1.03. The second-order valence-corrected chi connectivity index (χ2v) is 6.42. The first kappa shape index (κ1) is 14.4. The minimum atomic E-state index is -0.141. The Morgan fingerprint density at radius 2 is 1.95 bits per heavy atom. The quantitative estimate of drug-likeness (QED) is 0.874. The second-order valence-electron chi connectivity index (χ2n) is 4.68. The van der Waals surface area contributed by atoms with Crippen molar-refractivity contribution in [3.63, 3.8) is 0 Å². The molecule has 102 valence electrons. The lowest BCUT2D eigenvalue weighted by molar-refractivity contribution is 0.215. The highest BCUT2D eigenvalue weighted by Gasteiger charge is 2.16. The van der Waals surface area contributed by atoms with Crippen LogP contribution in [-0.4, -0.2) is 6.54 Å². The molecule has 0 fully saturated rings. The van der Waals surface area contributed by atoms with Crippen molar-refractivity contribution in [1.82, 2.24) is 0 Å². The summed E-state index contributed by atoms with van der Waals surface area (Å²) in [6, 6.07) is 11.9. The van der Waals surface area contributed by atoms with Gasteiger partial charge in [-0.1, -0.05) is 43.6 Å². The molecule has 0 spiro atoms. The van der Waals surface area contributed by atoms with Crippen LogP contribution in [0.3, 0.4) is 0 Å². The summed E-state index contributed by atoms with van der Waals surface area (Å²) in [4.78, 5) is 1.06. The summed E-state index contributed by atoms with van der Waals surface area (Å²) in [5.41, 5.74) is 7.02. The number of ether oxygens (including phenoxy) is 1. The average Bonchev–Trinajstić information content (AvgIpc) is 2.82. The van der Waals surface area contributed by atoms with Crippen LogP contribution < -0.4 is 10.5 Å². The highest BCUT2D eigenvalue weighted by molar-refractivity contribution is 7.16. The van der Waals surface area contributed by atoms with Gasteiger partial charge in [0.1, 0.15) is 11.9 Å². The van der Waals surface area contributed by atoms with Crippen molar-refractivity contribution >= 4 is 22.9 Å². The lowest BCUT2D eigenvalue weighted by atomic mass is 10.0. The number of halogens is 1. The van der Waals surface area contributed by atoms with E-state index >= 15 is 0 Å². The van der Waals surface area contributed by atoms with Crippen molar-refractivity contribution in [2.75, 3.05) is 6.54 Å². The minimum Gasteiger partial charge on any atom is -0.483 e. The monoisotopic (exact) mass is 295 g/mol. The average molecular weight is 296 g/mol. The maximum atomic E-state index is 6.08. The first-order chi connectivity index (χ1) is 9.11. The number of rotatable bonds is 5. The highest BCUT2D eigenvalue weighted by atomic mass is 35.5. The SMILES string of the molecule is CC(C)c1ccccc1OC(CN)c1ccc(Cl)s1. The summed E-state index contributed by atoms with van der Waals surface area (Å²) < 4.78 is 6.84. The van der Waals surface area contributed by atoms with E-state index in [2.05, 4.69) is 19.9 Å². The van der Waals surface area contributed by atoms with Crippen LogP contribution >= 0.6 is 22.9 Å². The summed E-state index contributed by atoms with van der Waals surface area (Å²) >= 11 is 7.48. The van der Waals surface area contributed by atoms with E-state index in [1.807, 2.05) is 30.3 Å². The fourth-order valence-corrected chi connectivity index (χ4v) is 3.05. The maximum Gasteiger partial charge on any atom is 0.145 e. The van der Waals surface area contributed by atoms with Gasteiger partial charge in [0.15, 0.2) is 0 Å². The van der Waals surface area contributed by atoms with E-state index in [0.29, 0.717) is 12.5 Å². The molecule has 2 N–H and O–H groups in total. The predicted molar refractivity (Wildman–Crippen MR) is 82.3 cm³/mol. The van der Waals surface area contributed by atoms with Crippen LogP contribution in [0.25, 0.3) is 0 Å². The molecule has 0 bridgehead atoms. The Morgan fingerprint density at radius 3 is 2.53 bits per heavy atom. The summed E-state index contributed by atoms with van der Waals surface area (Å²) in [5, 5.41) is 0. The molecule has 1 heterocycles. The van der Waals surface area contributed by atoms with E-state index < -0.39 is 0 Å². The Balaban J connectivity index is 2.23. The minimum absolute atomic E-state index is 0.141. The van der Waals surface area contributed by atoms with Crippen molar-refractivity contribution in [3.8, 4) is 5.75 Å². The molecule has 19 heavy (non-hydrogen) atoms. The van der Waals surface area contributed by atoms with E-state index in [1.165, 1.54) is 16.9 Å². The van der Waals surface area contributed by atoms with Crippen LogP contribution in [0, 0.1) is 0 Å². The number of hydrogen-bond acceptors (Lipinski definition) is 3. The van der Waals surface area contributed by atoms with Crippen molar-refractivity contribution in [1.29, 1.82) is 0 Å². The van der Waals surface area contributed by atoms with Crippen molar-refractivity contribution in [3.05, 3.63) is 51.2 Å². The van der Waals surface area contributed by atoms with Gasteiger partial charge in [0, 0.05) is 11.4 Å². The van der Waals surface area contributed by atoms with Crippen LogP contribution in [0.15, 0.2) is 36.4 Å². The van der Waals surface area contributed by atoms with E-state index in [1.54, 1.807) is 0 Å². The molecule has 0 amide bonds. The van der Waals surface area contributed by atoms with Gasteiger partial charge in [-0.2, -0.15) is 0 Å². The summed E-state index contributed by atoms with van der Waals surface area (Å²) in [6.07, 6.45) is -0.141. The van der Waals surface area contributed by atoms with Gasteiger partial charge >= 0.3 is 0 Å². The smallest absolute Gasteiger partial charge is 0.145 e. The lowest BCUT2D eigenvalue weighted by Gasteiger charge is -2.20. The maximum absolute atomic E-state index is 6.08. The van der Waals surface area contributed by atoms with Gasteiger partial charge in [-0.05, 0) is 29.7 Å². The Labute approximate surface area is 123 Å². The zero-order valence-electron chi connectivity index (χ0n) is 11.1. The first-order valence-corrected chi connectivity index (χ1v) is 7.52. The molecule has 0 aliphatic carbocycles. The molecule has 0 saturated heterocycles. The number of hydrogen-bond donors (Lipinski definition) is 1. The molecule has 0 aliphatic heterocycles. The standard InChI is InChI=1S/C15H18ClNOS/c1-10(2)11-5-3-4-6-12(11)18-13(9-17)14-7-8-15(16)19-14/h3-8,10,13H,9,17H2,1-2H3. The number of benzene rings is 1. The number of thiophene rings is 1. The Bertz CT molecular complexity index is 538. The lowest BCUT2D eigenvalue weighted by Crippen LogP contribution is -2.18. The fraction of sp³-hybridized carbons (Fsp3) is 0.333. The second kappa shape index (κ2) is 6.42. The van der Waals surface area contributed by atoms with Crippen molar-refractivity contribution in [2.24, 2.45) is 5.73 Å². The number of para-hydroxylation sites is 1. The first-order valence-electron chi connectivity index (χ1n) is 6.32. The molecule has 2 rings (SSSR count). The van der Waals surface area contributed by atoms with Gasteiger partial charge < -0.3 is 10.5 Å². The van der Waals surface area contributed by atoms with Gasteiger partial charge in [0.2, 0.25) is 0 Å². The van der Waals surface area contributed by atoms with Crippen LogP contribution in [0.5, 0.6) is 5.75 Å².